The van der Waals surface area contributed by atoms with Crippen molar-refractivity contribution in [2.45, 2.75) is 4.90 Å². The van der Waals surface area contributed by atoms with Gasteiger partial charge in [0, 0.05) is 34.9 Å². The summed E-state index contributed by atoms with van der Waals surface area (Å²) in [5.74, 6) is 0.329. The molecular formula is C19H14ClNO4S. The Balaban J connectivity index is 1.68. The molecule has 0 spiro atoms. The molecule has 3 aromatic rings. The maximum Gasteiger partial charge on any atom is 0.331 e. The molecule has 0 aliphatic rings. The van der Waals surface area contributed by atoms with Gasteiger partial charge in [-0.1, -0.05) is 23.7 Å². The number of rotatable bonds is 7. The number of carboxylic acids is 1. The summed E-state index contributed by atoms with van der Waals surface area (Å²) in [5, 5.41) is 9.13. The van der Waals surface area contributed by atoms with Crippen LogP contribution in [0.25, 0.3) is 11.1 Å². The molecule has 5 nitrogen and oxygen atoms in total. The largest absolute Gasteiger partial charge is 0.479 e. The van der Waals surface area contributed by atoms with E-state index in [1.54, 1.807) is 36.7 Å². The molecule has 0 bridgehead atoms. The van der Waals surface area contributed by atoms with Crippen molar-refractivity contribution in [2.24, 2.45) is 0 Å². The number of carbonyl (C=O) groups is 1. The summed E-state index contributed by atoms with van der Waals surface area (Å²) in [6, 6.07) is 16.6. The smallest absolute Gasteiger partial charge is 0.331 e. The first-order valence-electron chi connectivity index (χ1n) is 7.61. The Kier molecular flexibility index (Phi) is 6.12. The molecule has 0 aliphatic carbocycles. The number of pyridine rings is 1. The summed E-state index contributed by atoms with van der Waals surface area (Å²) in [5.41, 5.74) is 1.82. The highest BCUT2D eigenvalue weighted by atomic mass is 35.5. The molecule has 1 aromatic heterocycles. The first-order valence-corrected chi connectivity index (χ1v) is 8.73. The van der Waals surface area contributed by atoms with E-state index in [4.69, 9.17) is 25.6 Å². The summed E-state index contributed by atoms with van der Waals surface area (Å²) >= 11 is 7.20. The van der Waals surface area contributed by atoms with E-state index in [2.05, 4.69) is 4.98 Å². The van der Waals surface area contributed by atoms with Gasteiger partial charge in [-0.3, -0.25) is 9.17 Å². The van der Waals surface area contributed by atoms with Crippen LogP contribution in [0.2, 0.25) is 5.02 Å². The molecule has 0 unspecified atom stereocenters. The third kappa shape index (κ3) is 4.98. The van der Waals surface area contributed by atoms with Gasteiger partial charge >= 0.3 is 5.97 Å². The van der Waals surface area contributed by atoms with Crippen molar-refractivity contribution in [1.82, 2.24) is 4.98 Å². The van der Waals surface area contributed by atoms with Crippen molar-refractivity contribution < 1.29 is 18.8 Å². The zero-order valence-electron chi connectivity index (χ0n) is 13.5. The minimum atomic E-state index is -1.01. The highest BCUT2D eigenvalue weighted by Crippen LogP contribution is 2.31. The van der Waals surface area contributed by atoms with Crippen LogP contribution < -0.4 is 4.74 Å². The first-order chi connectivity index (χ1) is 12.6. The summed E-state index contributed by atoms with van der Waals surface area (Å²) < 4.78 is 10.8. The minimum absolute atomic E-state index is 0.354. The third-order valence-corrected chi connectivity index (χ3v) is 4.32. The van der Waals surface area contributed by atoms with E-state index in [1.165, 1.54) is 0 Å². The Labute approximate surface area is 159 Å². The molecule has 1 N–H and O–H groups in total. The van der Waals surface area contributed by atoms with Crippen molar-refractivity contribution in [3.05, 3.63) is 72.0 Å². The van der Waals surface area contributed by atoms with E-state index in [-0.39, 0.29) is 6.61 Å². The molecule has 0 aliphatic heterocycles. The fourth-order valence-corrected chi connectivity index (χ4v) is 2.96. The van der Waals surface area contributed by atoms with Crippen LogP contribution in [0, 0.1) is 0 Å². The Morgan fingerprint density at radius 2 is 1.92 bits per heavy atom. The van der Waals surface area contributed by atoms with Gasteiger partial charge in [0.05, 0.1) is 5.02 Å². The number of benzene rings is 2. The average Bonchev–Trinajstić information content (AvgIpc) is 2.63. The third-order valence-electron chi connectivity index (χ3n) is 3.31. The van der Waals surface area contributed by atoms with Gasteiger partial charge in [-0.15, -0.1) is 0 Å². The maximum absolute atomic E-state index is 10.4. The van der Waals surface area contributed by atoms with E-state index in [0.29, 0.717) is 16.5 Å². The van der Waals surface area contributed by atoms with Gasteiger partial charge in [0.15, 0.2) is 6.61 Å². The quantitative estimate of drug-likeness (QED) is 0.554. The van der Waals surface area contributed by atoms with Gasteiger partial charge < -0.3 is 9.84 Å². The van der Waals surface area contributed by atoms with Crippen LogP contribution in [0.5, 0.6) is 11.5 Å². The van der Waals surface area contributed by atoms with E-state index in [0.717, 1.165) is 28.1 Å². The van der Waals surface area contributed by atoms with Gasteiger partial charge in [0.2, 0.25) is 0 Å². The predicted octanol–water partition coefficient (Wildman–Crippen LogP) is 5.30. The minimum Gasteiger partial charge on any atom is -0.479 e. The van der Waals surface area contributed by atoms with E-state index in [1.807, 2.05) is 30.3 Å². The molecule has 0 fully saturated rings. The number of aromatic nitrogens is 1. The number of aliphatic carboxylic acids is 1. The molecule has 132 valence electrons. The van der Waals surface area contributed by atoms with Crippen LogP contribution in [-0.2, 0) is 8.98 Å². The monoisotopic (exact) mass is 387 g/mol. The molecule has 0 radical (unpaired) electrons. The van der Waals surface area contributed by atoms with Crippen LogP contribution in [0.15, 0.2) is 71.9 Å². The summed E-state index contributed by atoms with van der Waals surface area (Å²) in [7, 11) is 0. The number of hydrogen-bond donors (Lipinski definition) is 1. The number of ether oxygens (including phenoxy) is 1. The molecule has 1 heterocycles. The maximum atomic E-state index is 10.4. The fourth-order valence-electron chi connectivity index (χ4n) is 2.18. The van der Waals surface area contributed by atoms with Gasteiger partial charge in [0.1, 0.15) is 11.5 Å². The van der Waals surface area contributed by atoms with Crippen molar-refractivity contribution in [3.63, 3.8) is 0 Å². The van der Waals surface area contributed by atoms with E-state index >= 15 is 0 Å². The first kappa shape index (κ1) is 18.3. The number of nitrogens with zero attached hydrogens (tertiary/aromatic N) is 1. The summed E-state index contributed by atoms with van der Waals surface area (Å²) in [6.07, 6.45) is 3.30. The van der Waals surface area contributed by atoms with Gasteiger partial charge in [-0.05, 0) is 48.0 Å². The molecule has 0 atom stereocenters. The number of hydrogen-bond acceptors (Lipinski definition) is 5. The van der Waals surface area contributed by atoms with Crippen LogP contribution in [0.3, 0.4) is 0 Å². The van der Waals surface area contributed by atoms with Crippen LogP contribution in [-0.4, -0.2) is 22.7 Å². The number of halogens is 1. The summed E-state index contributed by atoms with van der Waals surface area (Å²) in [6.45, 7) is -0.354. The van der Waals surface area contributed by atoms with Crippen molar-refractivity contribution >= 4 is 29.6 Å². The van der Waals surface area contributed by atoms with Crippen LogP contribution in [0.1, 0.15) is 0 Å². The van der Waals surface area contributed by atoms with Gasteiger partial charge in [0.25, 0.3) is 0 Å². The lowest BCUT2D eigenvalue weighted by Gasteiger charge is -2.09. The average molecular weight is 388 g/mol. The van der Waals surface area contributed by atoms with Gasteiger partial charge in [-0.25, -0.2) is 4.79 Å². The topological polar surface area (TPSA) is 68.7 Å². The molecular weight excluding hydrogens is 374 g/mol. The molecule has 26 heavy (non-hydrogen) atoms. The molecule has 2 aromatic carbocycles. The second-order valence-corrected chi connectivity index (χ2v) is 6.48. The lowest BCUT2D eigenvalue weighted by molar-refractivity contribution is -0.138. The number of carboxylic acid groups (broad SMARTS) is 1. The van der Waals surface area contributed by atoms with E-state index < -0.39 is 5.97 Å². The summed E-state index contributed by atoms with van der Waals surface area (Å²) in [4.78, 5) is 15.2. The van der Waals surface area contributed by atoms with E-state index in [9.17, 15) is 4.79 Å². The lowest BCUT2D eigenvalue weighted by Crippen LogP contribution is -2.02. The Bertz CT molecular complexity index is 902. The zero-order valence-corrected chi connectivity index (χ0v) is 15.0. The van der Waals surface area contributed by atoms with Crippen LogP contribution >= 0.6 is 23.6 Å². The zero-order chi connectivity index (χ0) is 18.4. The van der Waals surface area contributed by atoms with Crippen molar-refractivity contribution in [2.75, 3.05) is 6.61 Å². The normalized spacial score (nSPS) is 10.5. The highest BCUT2D eigenvalue weighted by Gasteiger charge is 2.06. The molecule has 3 rings (SSSR count). The van der Waals surface area contributed by atoms with Crippen LogP contribution in [0.4, 0.5) is 0 Å². The Morgan fingerprint density at radius 3 is 2.65 bits per heavy atom. The standard InChI is InChI=1S/C19H14ClNO4S/c20-18-11-21-9-8-17(18)13-2-1-3-15(10-13)25-14-4-6-16(7-5-14)26-24-12-19(22)23/h1-11H,12H2,(H,22,23). The predicted molar refractivity (Wildman–Crippen MR) is 101 cm³/mol. The second-order valence-electron chi connectivity index (χ2n) is 5.20. The van der Waals surface area contributed by atoms with Gasteiger partial charge in [-0.2, -0.15) is 0 Å². The Hall–Kier alpha value is -2.54. The molecule has 7 heteroatoms. The second kappa shape index (κ2) is 8.71. The SMILES string of the molecule is O=C(O)COSc1ccc(Oc2cccc(-c3ccncc3Cl)c2)cc1. The molecule has 0 saturated heterocycles. The van der Waals surface area contributed by atoms with Crippen molar-refractivity contribution in [1.29, 1.82) is 0 Å². The highest BCUT2D eigenvalue weighted by molar-refractivity contribution is 7.94. The Morgan fingerprint density at radius 1 is 1.12 bits per heavy atom. The van der Waals surface area contributed by atoms with Crippen molar-refractivity contribution in [3.8, 4) is 22.6 Å². The lowest BCUT2D eigenvalue weighted by atomic mass is 10.1. The molecule has 0 amide bonds. The molecule has 0 saturated carbocycles. The fraction of sp³-hybridized carbons (Fsp3) is 0.0526.